The number of rotatable bonds is 5. The predicted octanol–water partition coefficient (Wildman–Crippen LogP) is 5.44. The van der Waals surface area contributed by atoms with E-state index in [1.165, 1.54) is 17.7 Å². The molecular formula is C18H13ClN6O2S. The third kappa shape index (κ3) is 3.57. The number of aromatic nitrogens is 3. The van der Waals surface area contributed by atoms with Gasteiger partial charge in [0.2, 0.25) is 11.6 Å². The largest absolute Gasteiger partial charge is 0.353 e. The number of nitrogens with one attached hydrogen (secondary N) is 2. The van der Waals surface area contributed by atoms with Crippen molar-refractivity contribution in [3.63, 3.8) is 0 Å². The maximum atomic E-state index is 11.7. The van der Waals surface area contributed by atoms with Gasteiger partial charge in [-0.2, -0.15) is 0 Å². The Kier molecular flexibility index (Phi) is 4.76. The van der Waals surface area contributed by atoms with Crippen molar-refractivity contribution in [2.45, 2.75) is 6.92 Å². The summed E-state index contributed by atoms with van der Waals surface area (Å²) in [6.07, 6.45) is 1.25. The molecule has 2 N–H and O–H groups in total. The van der Waals surface area contributed by atoms with Gasteiger partial charge in [-0.15, -0.1) is 0 Å². The Morgan fingerprint density at radius 3 is 2.57 bits per heavy atom. The first-order valence-corrected chi connectivity index (χ1v) is 9.36. The number of anilines is 4. The lowest BCUT2D eigenvalue weighted by atomic mass is 10.2. The highest BCUT2D eigenvalue weighted by atomic mass is 35.5. The van der Waals surface area contributed by atoms with Gasteiger partial charge in [0.25, 0.3) is 0 Å². The summed E-state index contributed by atoms with van der Waals surface area (Å²) in [5.74, 6) is 0.114. The summed E-state index contributed by atoms with van der Waals surface area (Å²) in [7, 11) is 0. The topological polar surface area (TPSA) is 106 Å². The number of hydrogen-bond acceptors (Lipinski definition) is 8. The average molecular weight is 413 g/mol. The van der Waals surface area contributed by atoms with E-state index in [1.807, 2.05) is 37.3 Å². The fourth-order valence-electron chi connectivity index (χ4n) is 2.57. The Morgan fingerprint density at radius 2 is 1.86 bits per heavy atom. The minimum absolute atomic E-state index is 0.0553. The standard InChI is InChI=1S/C18H13ClN6O2S/c1-10-6-7-11(8-12(10)19)22-16-15(25(26)27)17(21-9-20-16)24-18-23-13-4-2-3-5-14(13)28-18/h2-9H,1H3,(H2,20,21,22,23,24). The van der Waals surface area contributed by atoms with Crippen LogP contribution in [0.1, 0.15) is 5.56 Å². The molecule has 0 radical (unpaired) electrons. The quantitative estimate of drug-likeness (QED) is 0.332. The van der Waals surface area contributed by atoms with Crippen molar-refractivity contribution in [1.82, 2.24) is 15.0 Å². The first-order valence-electron chi connectivity index (χ1n) is 8.16. The number of nitro groups is 1. The smallest absolute Gasteiger partial charge is 0.334 e. The molecule has 2 aromatic carbocycles. The van der Waals surface area contributed by atoms with Gasteiger partial charge >= 0.3 is 5.69 Å². The van der Waals surface area contributed by atoms with Gasteiger partial charge < -0.3 is 10.6 Å². The maximum absolute atomic E-state index is 11.7. The first-order chi connectivity index (χ1) is 13.5. The van der Waals surface area contributed by atoms with Crippen molar-refractivity contribution in [3.8, 4) is 0 Å². The van der Waals surface area contributed by atoms with Gasteiger partial charge in [-0.25, -0.2) is 15.0 Å². The Hall–Kier alpha value is -3.30. The molecule has 0 amide bonds. The van der Waals surface area contributed by atoms with Crippen LogP contribution in [0.5, 0.6) is 0 Å². The van der Waals surface area contributed by atoms with Crippen molar-refractivity contribution in [2.75, 3.05) is 10.6 Å². The highest BCUT2D eigenvalue weighted by Gasteiger charge is 2.24. The van der Waals surface area contributed by atoms with Crippen molar-refractivity contribution < 1.29 is 4.92 Å². The predicted molar refractivity (Wildman–Crippen MR) is 111 cm³/mol. The van der Waals surface area contributed by atoms with Crippen LogP contribution in [0.3, 0.4) is 0 Å². The second-order valence-corrected chi connectivity index (χ2v) is 7.32. The highest BCUT2D eigenvalue weighted by molar-refractivity contribution is 7.22. The molecule has 0 fully saturated rings. The van der Waals surface area contributed by atoms with Gasteiger partial charge in [-0.1, -0.05) is 41.1 Å². The van der Waals surface area contributed by atoms with E-state index >= 15 is 0 Å². The minimum atomic E-state index is -0.534. The summed E-state index contributed by atoms with van der Waals surface area (Å²) >= 11 is 7.52. The van der Waals surface area contributed by atoms with Crippen LogP contribution >= 0.6 is 22.9 Å². The molecule has 0 bridgehead atoms. The number of halogens is 1. The molecule has 4 rings (SSSR count). The molecule has 2 heterocycles. The molecule has 2 aromatic heterocycles. The summed E-state index contributed by atoms with van der Waals surface area (Å²) in [4.78, 5) is 23.7. The van der Waals surface area contributed by atoms with Crippen molar-refractivity contribution in [2.24, 2.45) is 0 Å². The van der Waals surface area contributed by atoms with Gasteiger partial charge in [-0.3, -0.25) is 10.1 Å². The van der Waals surface area contributed by atoms with E-state index in [2.05, 4.69) is 25.6 Å². The zero-order chi connectivity index (χ0) is 19.7. The Bertz CT molecular complexity index is 1160. The summed E-state index contributed by atoms with van der Waals surface area (Å²) in [6, 6.07) is 12.9. The number of hydrogen-bond donors (Lipinski definition) is 2. The molecule has 140 valence electrons. The number of fused-ring (bicyclic) bond motifs is 1. The zero-order valence-electron chi connectivity index (χ0n) is 14.5. The van der Waals surface area contributed by atoms with Crippen LogP contribution in [0.2, 0.25) is 5.02 Å². The molecule has 0 aliphatic rings. The van der Waals surface area contributed by atoms with Crippen LogP contribution in [0.4, 0.5) is 28.1 Å². The minimum Gasteiger partial charge on any atom is -0.334 e. The van der Waals surface area contributed by atoms with Crippen LogP contribution in [0.25, 0.3) is 10.2 Å². The lowest BCUT2D eigenvalue weighted by molar-refractivity contribution is -0.383. The van der Waals surface area contributed by atoms with E-state index in [1.54, 1.807) is 12.1 Å². The van der Waals surface area contributed by atoms with Gasteiger partial charge in [0, 0.05) is 10.7 Å². The van der Waals surface area contributed by atoms with Crippen molar-refractivity contribution in [1.29, 1.82) is 0 Å². The molecule has 10 heteroatoms. The molecule has 0 spiro atoms. The average Bonchev–Trinajstić information content (AvgIpc) is 3.07. The molecular weight excluding hydrogens is 400 g/mol. The van der Waals surface area contributed by atoms with Gasteiger partial charge in [0.1, 0.15) is 6.33 Å². The molecule has 0 aliphatic carbocycles. The van der Waals surface area contributed by atoms with E-state index in [9.17, 15) is 10.1 Å². The van der Waals surface area contributed by atoms with Crippen molar-refractivity contribution >= 4 is 61.3 Å². The molecule has 8 nitrogen and oxygen atoms in total. The fourth-order valence-corrected chi connectivity index (χ4v) is 3.61. The molecule has 0 atom stereocenters. The van der Waals surface area contributed by atoms with E-state index in [-0.39, 0.29) is 17.3 Å². The Labute approximate surface area is 168 Å². The lowest BCUT2D eigenvalue weighted by Crippen LogP contribution is -2.05. The summed E-state index contributed by atoms with van der Waals surface area (Å²) in [6.45, 7) is 1.87. The van der Waals surface area contributed by atoms with Crippen LogP contribution < -0.4 is 10.6 Å². The van der Waals surface area contributed by atoms with E-state index in [0.717, 1.165) is 15.8 Å². The van der Waals surface area contributed by atoms with E-state index in [4.69, 9.17) is 11.6 Å². The van der Waals surface area contributed by atoms with Crippen LogP contribution in [0, 0.1) is 17.0 Å². The Balaban J connectivity index is 1.70. The van der Waals surface area contributed by atoms with Gasteiger partial charge in [-0.05, 0) is 36.8 Å². The molecule has 4 aromatic rings. The first kappa shape index (κ1) is 18.1. The van der Waals surface area contributed by atoms with Gasteiger partial charge in [0.15, 0.2) is 5.13 Å². The van der Waals surface area contributed by atoms with E-state index in [0.29, 0.717) is 15.8 Å². The van der Waals surface area contributed by atoms with Crippen LogP contribution in [0.15, 0.2) is 48.8 Å². The summed E-state index contributed by atoms with van der Waals surface area (Å²) < 4.78 is 0.967. The summed E-state index contributed by atoms with van der Waals surface area (Å²) in [5.41, 5.74) is 2.02. The maximum Gasteiger partial charge on any atom is 0.353 e. The SMILES string of the molecule is Cc1ccc(Nc2ncnc(Nc3nc4ccccc4s3)c2[N+](=O)[O-])cc1Cl. The lowest BCUT2D eigenvalue weighted by Gasteiger charge is -2.09. The Morgan fingerprint density at radius 1 is 1.11 bits per heavy atom. The molecule has 0 saturated carbocycles. The molecule has 0 unspecified atom stereocenters. The van der Waals surface area contributed by atoms with Crippen molar-refractivity contribution in [3.05, 3.63) is 69.5 Å². The number of benzene rings is 2. The zero-order valence-corrected chi connectivity index (χ0v) is 16.1. The molecule has 28 heavy (non-hydrogen) atoms. The highest BCUT2D eigenvalue weighted by Crippen LogP contribution is 2.35. The third-order valence-corrected chi connectivity index (χ3v) is 5.32. The van der Waals surface area contributed by atoms with Crippen LogP contribution in [-0.2, 0) is 0 Å². The van der Waals surface area contributed by atoms with Crippen LogP contribution in [-0.4, -0.2) is 19.9 Å². The molecule has 0 saturated heterocycles. The second-order valence-electron chi connectivity index (χ2n) is 5.88. The molecule has 0 aliphatic heterocycles. The number of para-hydroxylation sites is 1. The van der Waals surface area contributed by atoms with Gasteiger partial charge in [0.05, 0.1) is 15.1 Å². The fraction of sp³-hybridized carbons (Fsp3) is 0.0556. The third-order valence-electron chi connectivity index (χ3n) is 3.96. The number of thiazole rings is 1. The second kappa shape index (κ2) is 7.37. The number of nitrogens with zero attached hydrogens (tertiary/aromatic N) is 4. The summed E-state index contributed by atoms with van der Waals surface area (Å²) in [5, 5.41) is 18.7. The normalized spacial score (nSPS) is 10.8. The van der Waals surface area contributed by atoms with E-state index < -0.39 is 4.92 Å². The number of aryl methyl sites for hydroxylation is 1. The monoisotopic (exact) mass is 412 g/mol.